The van der Waals surface area contributed by atoms with Gasteiger partial charge in [-0.3, -0.25) is 4.90 Å². The van der Waals surface area contributed by atoms with Crippen LogP contribution in [0.5, 0.6) is 0 Å². The fourth-order valence-electron chi connectivity index (χ4n) is 1.87. The zero-order valence-electron chi connectivity index (χ0n) is 9.43. The third-order valence-electron chi connectivity index (χ3n) is 2.81. The number of nitrogens with zero attached hydrogens (tertiary/aromatic N) is 5. The van der Waals surface area contributed by atoms with Crippen molar-refractivity contribution in [3.05, 3.63) is 12.4 Å². The Hall–Kier alpha value is -1.83. The van der Waals surface area contributed by atoms with Crippen LogP contribution in [-0.4, -0.2) is 30.1 Å². The minimum atomic E-state index is 0.651. The van der Waals surface area contributed by atoms with Gasteiger partial charge < -0.3 is 4.90 Å². The van der Waals surface area contributed by atoms with Gasteiger partial charge >= 0.3 is 0 Å². The Morgan fingerprint density at radius 3 is 2.75 bits per heavy atom. The Bertz CT molecular complexity index is 392. The first-order chi connectivity index (χ1) is 7.81. The van der Waals surface area contributed by atoms with Crippen LogP contribution in [0.15, 0.2) is 12.4 Å². The second-order valence-corrected chi connectivity index (χ2v) is 3.94. The molecule has 1 aliphatic rings. The molecular formula is C11H15N5. The Morgan fingerprint density at radius 2 is 2.06 bits per heavy atom. The molecule has 1 aromatic heterocycles. The lowest BCUT2D eigenvalue weighted by Gasteiger charge is -2.27. The fraction of sp³-hybridized carbons (Fsp3) is 0.545. The van der Waals surface area contributed by atoms with E-state index in [9.17, 15) is 0 Å². The lowest BCUT2D eigenvalue weighted by molar-refractivity contribution is 0.573. The smallest absolute Gasteiger partial charge is 0.185 e. The molecule has 0 amide bonds. The molecule has 84 valence electrons. The highest BCUT2D eigenvalue weighted by atomic mass is 15.2. The molecule has 5 nitrogen and oxygen atoms in total. The quantitative estimate of drug-likeness (QED) is 0.553. The van der Waals surface area contributed by atoms with Gasteiger partial charge in [-0.2, -0.15) is 5.26 Å². The van der Waals surface area contributed by atoms with E-state index in [-0.39, 0.29) is 0 Å². The van der Waals surface area contributed by atoms with Crippen LogP contribution in [0.25, 0.3) is 0 Å². The van der Waals surface area contributed by atoms with Crippen LogP contribution < -0.4 is 9.80 Å². The minimum absolute atomic E-state index is 0.651. The van der Waals surface area contributed by atoms with Crippen LogP contribution in [0.4, 0.5) is 11.6 Å². The Labute approximate surface area is 95.3 Å². The van der Waals surface area contributed by atoms with Crippen LogP contribution in [0, 0.1) is 11.5 Å². The van der Waals surface area contributed by atoms with Gasteiger partial charge in [0.05, 0.1) is 0 Å². The van der Waals surface area contributed by atoms with E-state index >= 15 is 0 Å². The first-order valence-corrected chi connectivity index (χ1v) is 5.52. The van der Waals surface area contributed by atoms with Gasteiger partial charge in [-0.25, -0.2) is 9.97 Å². The summed E-state index contributed by atoms with van der Waals surface area (Å²) in [5.41, 5.74) is 0. The Kier molecular flexibility index (Phi) is 3.20. The molecule has 5 heteroatoms. The lowest BCUT2D eigenvalue weighted by Crippen LogP contribution is -2.30. The fourth-order valence-corrected chi connectivity index (χ4v) is 1.87. The van der Waals surface area contributed by atoms with Crippen molar-refractivity contribution in [1.29, 1.82) is 5.26 Å². The maximum absolute atomic E-state index is 8.79. The van der Waals surface area contributed by atoms with E-state index in [4.69, 9.17) is 5.26 Å². The molecule has 0 spiro atoms. The van der Waals surface area contributed by atoms with Gasteiger partial charge in [-0.1, -0.05) is 0 Å². The number of anilines is 2. The van der Waals surface area contributed by atoms with Gasteiger partial charge in [0.25, 0.3) is 0 Å². The highest BCUT2D eigenvalue weighted by Crippen LogP contribution is 2.20. The number of aromatic nitrogens is 2. The predicted octanol–water partition coefficient (Wildman–Crippen LogP) is 1.38. The average molecular weight is 217 g/mol. The molecule has 0 saturated carbocycles. The van der Waals surface area contributed by atoms with Gasteiger partial charge in [0.2, 0.25) is 0 Å². The molecule has 2 heterocycles. The molecular weight excluding hydrogens is 202 g/mol. The number of rotatable bonds is 2. The van der Waals surface area contributed by atoms with Gasteiger partial charge in [-0.15, -0.1) is 0 Å². The molecule has 1 fully saturated rings. The zero-order valence-corrected chi connectivity index (χ0v) is 9.43. The standard InChI is InChI=1S/C11H15N5/c1-15(8-12)10-7-11(14-9-13-10)16-5-3-2-4-6-16/h7,9H,2-6H2,1H3. The van der Waals surface area contributed by atoms with Gasteiger partial charge in [0, 0.05) is 26.2 Å². The van der Waals surface area contributed by atoms with Crippen molar-refractivity contribution in [1.82, 2.24) is 9.97 Å². The van der Waals surface area contributed by atoms with Gasteiger partial charge in [0.1, 0.15) is 18.0 Å². The molecule has 1 saturated heterocycles. The molecule has 2 rings (SSSR count). The lowest BCUT2D eigenvalue weighted by atomic mass is 10.1. The van der Waals surface area contributed by atoms with E-state index in [1.54, 1.807) is 7.05 Å². The summed E-state index contributed by atoms with van der Waals surface area (Å²) in [5.74, 6) is 1.57. The number of piperidine rings is 1. The average Bonchev–Trinajstić information content (AvgIpc) is 2.39. The summed E-state index contributed by atoms with van der Waals surface area (Å²) >= 11 is 0. The third-order valence-corrected chi connectivity index (χ3v) is 2.81. The Morgan fingerprint density at radius 1 is 1.31 bits per heavy atom. The third kappa shape index (κ3) is 2.22. The molecule has 0 aromatic carbocycles. The second-order valence-electron chi connectivity index (χ2n) is 3.94. The first kappa shape index (κ1) is 10.7. The molecule has 1 aromatic rings. The van der Waals surface area contributed by atoms with E-state index < -0.39 is 0 Å². The molecule has 0 unspecified atom stereocenters. The molecule has 0 radical (unpaired) electrons. The second kappa shape index (κ2) is 4.79. The topological polar surface area (TPSA) is 56.1 Å². The van der Waals surface area contributed by atoms with E-state index in [2.05, 4.69) is 14.9 Å². The van der Waals surface area contributed by atoms with Crippen molar-refractivity contribution in [3.8, 4) is 6.19 Å². The summed E-state index contributed by atoms with van der Waals surface area (Å²) in [7, 11) is 1.70. The number of hydrogen-bond acceptors (Lipinski definition) is 5. The molecule has 1 aliphatic heterocycles. The molecule has 0 bridgehead atoms. The van der Waals surface area contributed by atoms with Crippen molar-refractivity contribution in [2.75, 3.05) is 29.9 Å². The van der Waals surface area contributed by atoms with Crippen LogP contribution >= 0.6 is 0 Å². The van der Waals surface area contributed by atoms with Crippen LogP contribution in [-0.2, 0) is 0 Å². The summed E-state index contributed by atoms with van der Waals surface area (Å²) in [5, 5.41) is 8.79. The van der Waals surface area contributed by atoms with Crippen LogP contribution in [0.3, 0.4) is 0 Å². The number of hydrogen-bond donors (Lipinski definition) is 0. The molecule has 0 aliphatic carbocycles. The first-order valence-electron chi connectivity index (χ1n) is 5.52. The van der Waals surface area contributed by atoms with E-state index in [1.807, 2.05) is 12.3 Å². The largest absolute Gasteiger partial charge is 0.356 e. The maximum atomic E-state index is 8.79. The summed E-state index contributed by atoms with van der Waals surface area (Å²) in [6, 6.07) is 1.87. The minimum Gasteiger partial charge on any atom is -0.356 e. The Balaban J connectivity index is 2.18. The molecule has 16 heavy (non-hydrogen) atoms. The van der Waals surface area contributed by atoms with Gasteiger partial charge in [0.15, 0.2) is 6.19 Å². The maximum Gasteiger partial charge on any atom is 0.185 e. The summed E-state index contributed by atoms with van der Waals surface area (Å²) in [6.07, 6.45) is 7.29. The van der Waals surface area contributed by atoms with Crippen molar-refractivity contribution in [2.45, 2.75) is 19.3 Å². The van der Waals surface area contributed by atoms with Crippen molar-refractivity contribution < 1.29 is 0 Å². The zero-order chi connectivity index (χ0) is 11.4. The SMILES string of the molecule is CN(C#N)c1cc(N2CCCCC2)ncn1. The van der Waals surface area contributed by atoms with E-state index in [0.29, 0.717) is 5.82 Å². The highest BCUT2D eigenvalue weighted by molar-refractivity contribution is 5.51. The van der Waals surface area contributed by atoms with Crippen molar-refractivity contribution in [3.63, 3.8) is 0 Å². The summed E-state index contributed by atoms with van der Waals surface area (Å²) in [6.45, 7) is 2.10. The summed E-state index contributed by atoms with van der Waals surface area (Å²) < 4.78 is 0. The van der Waals surface area contributed by atoms with E-state index in [1.165, 1.54) is 30.5 Å². The molecule has 0 atom stereocenters. The van der Waals surface area contributed by atoms with Crippen LogP contribution in [0.1, 0.15) is 19.3 Å². The monoisotopic (exact) mass is 217 g/mol. The van der Waals surface area contributed by atoms with E-state index in [0.717, 1.165) is 18.9 Å². The van der Waals surface area contributed by atoms with Crippen LogP contribution in [0.2, 0.25) is 0 Å². The normalized spacial score (nSPS) is 15.6. The number of nitriles is 1. The predicted molar refractivity (Wildman–Crippen MR) is 62.1 cm³/mol. The van der Waals surface area contributed by atoms with Gasteiger partial charge in [-0.05, 0) is 19.3 Å². The van der Waals surface area contributed by atoms with Crippen molar-refractivity contribution in [2.24, 2.45) is 0 Å². The molecule has 0 N–H and O–H groups in total. The highest BCUT2D eigenvalue weighted by Gasteiger charge is 2.13. The van der Waals surface area contributed by atoms with Crippen molar-refractivity contribution >= 4 is 11.6 Å². The summed E-state index contributed by atoms with van der Waals surface area (Å²) in [4.78, 5) is 12.0.